The highest BCUT2D eigenvalue weighted by Crippen LogP contribution is 2.40. The van der Waals surface area contributed by atoms with E-state index < -0.39 is 0 Å². The van der Waals surface area contributed by atoms with E-state index in [1.807, 2.05) is 0 Å². The largest absolute Gasteiger partial charge is 0.329 e. The molecule has 3 atom stereocenters. The highest BCUT2D eigenvalue weighted by molar-refractivity contribution is 5.29. The zero-order chi connectivity index (χ0) is 12.5. The van der Waals surface area contributed by atoms with Crippen LogP contribution in [0.2, 0.25) is 0 Å². The van der Waals surface area contributed by atoms with Crippen molar-refractivity contribution < 1.29 is 0 Å². The standard InChI is InChI=1S/C16H24N2/c1-12-5-2-3-8-15(12)16(9-17)18-10-13-6-4-7-14(13)11-18/h2-3,5,8,13-14,16H,4,6-7,9-11,17H2,1H3. The van der Waals surface area contributed by atoms with Gasteiger partial charge in [0.25, 0.3) is 0 Å². The molecule has 2 aliphatic rings. The Bertz CT molecular complexity index is 403. The van der Waals surface area contributed by atoms with Gasteiger partial charge in [0, 0.05) is 25.7 Å². The molecule has 0 bridgehead atoms. The van der Waals surface area contributed by atoms with Crippen LogP contribution in [-0.2, 0) is 0 Å². The third-order valence-electron chi connectivity index (χ3n) is 4.97. The molecule has 0 spiro atoms. The molecule has 2 nitrogen and oxygen atoms in total. The summed E-state index contributed by atoms with van der Waals surface area (Å²) in [5, 5.41) is 0. The first-order valence-corrected chi connectivity index (χ1v) is 7.29. The van der Waals surface area contributed by atoms with Crippen LogP contribution in [0.1, 0.15) is 36.4 Å². The van der Waals surface area contributed by atoms with Crippen LogP contribution in [-0.4, -0.2) is 24.5 Å². The first kappa shape index (κ1) is 12.2. The second kappa shape index (κ2) is 5.02. The summed E-state index contributed by atoms with van der Waals surface area (Å²) in [6.45, 7) is 5.47. The minimum atomic E-state index is 0.428. The monoisotopic (exact) mass is 244 g/mol. The molecular weight excluding hydrogens is 220 g/mol. The van der Waals surface area contributed by atoms with E-state index in [4.69, 9.17) is 5.73 Å². The van der Waals surface area contributed by atoms with Crippen molar-refractivity contribution in [2.45, 2.75) is 32.2 Å². The van der Waals surface area contributed by atoms with Gasteiger partial charge in [-0.3, -0.25) is 4.90 Å². The second-order valence-corrected chi connectivity index (χ2v) is 6.01. The lowest BCUT2D eigenvalue weighted by molar-refractivity contribution is 0.231. The maximum atomic E-state index is 6.06. The van der Waals surface area contributed by atoms with Gasteiger partial charge in [-0.1, -0.05) is 30.7 Å². The molecule has 2 fully saturated rings. The zero-order valence-electron chi connectivity index (χ0n) is 11.3. The summed E-state index contributed by atoms with van der Waals surface area (Å²) in [6, 6.07) is 9.14. The van der Waals surface area contributed by atoms with Crippen molar-refractivity contribution in [2.24, 2.45) is 17.6 Å². The molecule has 1 saturated heterocycles. The molecule has 0 amide bonds. The molecule has 3 rings (SSSR count). The lowest BCUT2D eigenvalue weighted by atomic mass is 10.00. The van der Waals surface area contributed by atoms with Crippen molar-refractivity contribution in [3.63, 3.8) is 0 Å². The zero-order valence-corrected chi connectivity index (χ0v) is 11.3. The van der Waals surface area contributed by atoms with Gasteiger partial charge in [-0.05, 0) is 42.7 Å². The Morgan fingerprint density at radius 1 is 1.22 bits per heavy atom. The summed E-state index contributed by atoms with van der Waals surface area (Å²) in [6.07, 6.45) is 4.32. The fraction of sp³-hybridized carbons (Fsp3) is 0.625. The van der Waals surface area contributed by atoms with E-state index in [9.17, 15) is 0 Å². The van der Waals surface area contributed by atoms with Gasteiger partial charge in [0.05, 0.1) is 0 Å². The van der Waals surface area contributed by atoms with E-state index in [2.05, 4.69) is 36.1 Å². The highest BCUT2D eigenvalue weighted by atomic mass is 15.2. The minimum Gasteiger partial charge on any atom is -0.329 e. The minimum absolute atomic E-state index is 0.428. The number of benzene rings is 1. The van der Waals surface area contributed by atoms with Crippen LogP contribution >= 0.6 is 0 Å². The van der Waals surface area contributed by atoms with Crippen LogP contribution in [0.4, 0.5) is 0 Å². The summed E-state index contributed by atoms with van der Waals surface area (Å²) in [5.41, 5.74) is 8.87. The molecule has 2 heteroatoms. The molecule has 1 saturated carbocycles. The van der Waals surface area contributed by atoms with Gasteiger partial charge < -0.3 is 5.73 Å². The smallest absolute Gasteiger partial charge is 0.0473 e. The molecule has 3 unspecified atom stereocenters. The van der Waals surface area contributed by atoms with Crippen molar-refractivity contribution in [1.29, 1.82) is 0 Å². The quantitative estimate of drug-likeness (QED) is 0.886. The Balaban J connectivity index is 1.79. The van der Waals surface area contributed by atoms with Crippen LogP contribution in [0.3, 0.4) is 0 Å². The molecule has 18 heavy (non-hydrogen) atoms. The lowest BCUT2D eigenvalue weighted by Gasteiger charge is -2.29. The number of nitrogens with zero attached hydrogens (tertiary/aromatic N) is 1. The van der Waals surface area contributed by atoms with Crippen LogP contribution in [0.5, 0.6) is 0 Å². The molecule has 1 aliphatic heterocycles. The summed E-state index contributed by atoms with van der Waals surface area (Å²) < 4.78 is 0. The van der Waals surface area contributed by atoms with E-state index >= 15 is 0 Å². The predicted molar refractivity (Wildman–Crippen MR) is 75.4 cm³/mol. The second-order valence-electron chi connectivity index (χ2n) is 6.01. The predicted octanol–water partition coefficient (Wildman–Crippen LogP) is 2.73. The Morgan fingerprint density at radius 3 is 2.50 bits per heavy atom. The van der Waals surface area contributed by atoms with Gasteiger partial charge in [0.1, 0.15) is 0 Å². The van der Waals surface area contributed by atoms with Crippen LogP contribution in [0.25, 0.3) is 0 Å². The molecule has 1 aromatic rings. The van der Waals surface area contributed by atoms with Gasteiger partial charge in [-0.25, -0.2) is 0 Å². The van der Waals surface area contributed by atoms with Crippen molar-refractivity contribution in [3.05, 3.63) is 35.4 Å². The topological polar surface area (TPSA) is 29.3 Å². The van der Waals surface area contributed by atoms with Gasteiger partial charge in [0.15, 0.2) is 0 Å². The van der Waals surface area contributed by atoms with Crippen LogP contribution in [0, 0.1) is 18.8 Å². The molecule has 1 aromatic carbocycles. The molecule has 98 valence electrons. The van der Waals surface area contributed by atoms with Crippen molar-refractivity contribution in [3.8, 4) is 0 Å². The fourth-order valence-electron chi connectivity index (χ4n) is 3.96. The van der Waals surface area contributed by atoms with Gasteiger partial charge in [0.2, 0.25) is 0 Å². The third-order valence-corrected chi connectivity index (χ3v) is 4.97. The van der Waals surface area contributed by atoms with E-state index in [-0.39, 0.29) is 0 Å². The van der Waals surface area contributed by atoms with Gasteiger partial charge >= 0.3 is 0 Å². The van der Waals surface area contributed by atoms with Gasteiger partial charge in [-0.15, -0.1) is 0 Å². The number of fused-ring (bicyclic) bond motifs is 1. The average molecular weight is 244 g/mol. The average Bonchev–Trinajstić information content (AvgIpc) is 2.93. The maximum absolute atomic E-state index is 6.06. The van der Waals surface area contributed by atoms with E-state index in [0.29, 0.717) is 6.04 Å². The third kappa shape index (κ3) is 2.08. The van der Waals surface area contributed by atoms with Crippen molar-refractivity contribution in [2.75, 3.05) is 19.6 Å². The Kier molecular flexibility index (Phi) is 3.40. The first-order chi connectivity index (χ1) is 8.79. The summed E-state index contributed by atoms with van der Waals surface area (Å²) >= 11 is 0. The van der Waals surface area contributed by atoms with E-state index in [1.54, 1.807) is 0 Å². The lowest BCUT2D eigenvalue weighted by Crippen LogP contribution is -2.33. The normalized spacial score (nSPS) is 29.4. The van der Waals surface area contributed by atoms with Crippen molar-refractivity contribution in [1.82, 2.24) is 4.90 Å². The Morgan fingerprint density at radius 2 is 1.89 bits per heavy atom. The summed E-state index contributed by atoms with van der Waals surface area (Å²) in [4.78, 5) is 2.64. The molecule has 0 radical (unpaired) electrons. The number of rotatable bonds is 3. The Labute approximate surface area is 110 Å². The van der Waals surface area contributed by atoms with Crippen molar-refractivity contribution >= 4 is 0 Å². The fourth-order valence-corrected chi connectivity index (χ4v) is 3.96. The van der Waals surface area contributed by atoms with Gasteiger partial charge in [-0.2, -0.15) is 0 Å². The Hall–Kier alpha value is -0.860. The van der Waals surface area contributed by atoms with Crippen LogP contribution < -0.4 is 5.73 Å². The molecule has 0 aromatic heterocycles. The van der Waals surface area contributed by atoms with E-state index in [0.717, 1.165) is 18.4 Å². The summed E-state index contributed by atoms with van der Waals surface area (Å²) in [7, 11) is 0. The maximum Gasteiger partial charge on any atom is 0.0473 e. The molecule has 1 heterocycles. The highest BCUT2D eigenvalue weighted by Gasteiger charge is 2.38. The first-order valence-electron chi connectivity index (χ1n) is 7.29. The molecule has 2 N–H and O–H groups in total. The summed E-state index contributed by atoms with van der Waals surface area (Å²) in [5.74, 6) is 1.89. The number of aryl methyl sites for hydroxylation is 1. The molecular formula is C16H24N2. The number of likely N-dealkylation sites (tertiary alicyclic amines) is 1. The van der Waals surface area contributed by atoms with Crippen LogP contribution in [0.15, 0.2) is 24.3 Å². The molecule has 1 aliphatic carbocycles. The van der Waals surface area contributed by atoms with E-state index in [1.165, 1.54) is 43.5 Å². The number of nitrogens with two attached hydrogens (primary N) is 1. The number of hydrogen-bond acceptors (Lipinski definition) is 2. The number of hydrogen-bond donors (Lipinski definition) is 1. The SMILES string of the molecule is Cc1ccccc1C(CN)N1CC2CCCC2C1.